The molecule has 0 amide bonds. The van der Waals surface area contributed by atoms with Crippen LogP contribution in [0.3, 0.4) is 0 Å². The van der Waals surface area contributed by atoms with Gasteiger partial charge in [-0.3, -0.25) is 0 Å². The van der Waals surface area contributed by atoms with Crippen molar-refractivity contribution in [3.63, 3.8) is 0 Å². The minimum atomic E-state index is -1.05. The largest absolute Gasteiger partial charge is 0.388 e. The van der Waals surface area contributed by atoms with Gasteiger partial charge in [-0.15, -0.1) is 0 Å². The molecule has 94 valence electrons. The van der Waals surface area contributed by atoms with Crippen LogP contribution in [-0.2, 0) is 6.42 Å². The van der Waals surface area contributed by atoms with Gasteiger partial charge in [0, 0.05) is 18.5 Å². The van der Waals surface area contributed by atoms with Crippen molar-refractivity contribution in [1.29, 1.82) is 0 Å². The molecule has 0 radical (unpaired) electrons. The molecule has 2 N–H and O–H groups in total. The molecule has 0 saturated carbocycles. The smallest absolute Gasteiger partial charge is 0.143 e. The van der Waals surface area contributed by atoms with Gasteiger partial charge in [0.25, 0.3) is 0 Å². The molecule has 1 saturated heterocycles. The molecule has 17 heavy (non-hydrogen) atoms. The van der Waals surface area contributed by atoms with E-state index in [2.05, 4.69) is 21.2 Å². The number of benzene rings is 1. The molecular formula is C12H14BrF2NO. The van der Waals surface area contributed by atoms with Crippen molar-refractivity contribution < 1.29 is 13.9 Å². The molecule has 1 unspecified atom stereocenters. The molecule has 2 rings (SSSR count). The van der Waals surface area contributed by atoms with Crippen molar-refractivity contribution in [1.82, 2.24) is 5.32 Å². The third kappa shape index (κ3) is 2.84. The summed E-state index contributed by atoms with van der Waals surface area (Å²) in [5.41, 5.74) is -1.11. The molecule has 2 nitrogen and oxygen atoms in total. The normalized spacial score (nSPS) is 24.9. The summed E-state index contributed by atoms with van der Waals surface area (Å²) in [5.74, 6) is -1.23. The van der Waals surface area contributed by atoms with Crippen molar-refractivity contribution in [2.24, 2.45) is 0 Å². The van der Waals surface area contributed by atoms with E-state index >= 15 is 0 Å². The molecule has 0 aromatic heterocycles. The summed E-state index contributed by atoms with van der Waals surface area (Å²) < 4.78 is 27.6. The zero-order chi connectivity index (χ0) is 12.5. The average Bonchev–Trinajstić information content (AvgIpc) is 2.31. The van der Waals surface area contributed by atoms with Crippen LogP contribution in [0.5, 0.6) is 0 Å². The van der Waals surface area contributed by atoms with Crippen LogP contribution < -0.4 is 5.32 Å². The lowest BCUT2D eigenvalue weighted by atomic mass is 9.87. The highest BCUT2D eigenvalue weighted by Crippen LogP contribution is 2.28. The number of hydrogen-bond acceptors (Lipinski definition) is 2. The van der Waals surface area contributed by atoms with Gasteiger partial charge in [-0.25, -0.2) is 8.78 Å². The topological polar surface area (TPSA) is 32.3 Å². The number of piperidine rings is 1. The number of nitrogens with one attached hydrogen (secondary N) is 1. The van der Waals surface area contributed by atoms with E-state index in [1.165, 1.54) is 12.1 Å². The molecule has 0 spiro atoms. The van der Waals surface area contributed by atoms with Gasteiger partial charge in [0.2, 0.25) is 0 Å². The summed E-state index contributed by atoms with van der Waals surface area (Å²) in [6, 6.07) is 2.54. The van der Waals surface area contributed by atoms with E-state index in [-0.39, 0.29) is 16.5 Å². The lowest BCUT2D eigenvalue weighted by Crippen LogP contribution is -2.47. The second-order valence-electron chi connectivity index (χ2n) is 4.50. The molecular weight excluding hydrogens is 292 g/mol. The molecule has 1 aliphatic heterocycles. The van der Waals surface area contributed by atoms with Gasteiger partial charge in [0.15, 0.2) is 0 Å². The third-order valence-corrected chi connectivity index (χ3v) is 3.71. The molecule has 5 heteroatoms. The number of β-amino-alcohol motifs (C(OH)–C–C–N with tert-alkyl or cyclic N) is 1. The Morgan fingerprint density at radius 2 is 2.18 bits per heavy atom. The predicted molar refractivity (Wildman–Crippen MR) is 64.8 cm³/mol. The Morgan fingerprint density at radius 3 is 2.82 bits per heavy atom. The quantitative estimate of drug-likeness (QED) is 0.822. The van der Waals surface area contributed by atoms with Gasteiger partial charge in [0.1, 0.15) is 11.6 Å². The minimum absolute atomic E-state index is 0.00287. The number of hydrogen-bond donors (Lipinski definition) is 2. The molecule has 1 aromatic carbocycles. The van der Waals surface area contributed by atoms with Gasteiger partial charge in [-0.2, -0.15) is 0 Å². The number of halogens is 3. The summed E-state index contributed by atoms with van der Waals surface area (Å²) >= 11 is 3.02. The second-order valence-corrected chi connectivity index (χ2v) is 5.36. The van der Waals surface area contributed by atoms with E-state index in [1.54, 1.807) is 0 Å². The van der Waals surface area contributed by atoms with Crippen molar-refractivity contribution in [3.05, 3.63) is 33.8 Å². The van der Waals surface area contributed by atoms with Crippen LogP contribution in [0.1, 0.15) is 18.4 Å². The van der Waals surface area contributed by atoms with E-state index < -0.39 is 17.2 Å². The Labute approximate surface area is 107 Å². The predicted octanol–water partition coefficient (Wildman–Crippen LogP) is 2.38. The van der Waals surface area contributed by atoms with Crippen LogP contribution in [0.15, 0.2) is 16.6 Å². The molecule has 0 bridgehead atoms. The maximum atomic E-state index is 13.8. The van der Waals surface area contributed by atoms with Crippen molar-refractivity contribution in [2.75, 3.05) is 13.1 Å². The minimum Gasteiger partial charge on any atom is -0.388 e. The lowest BCUT2D eigenvalue weighted by molar-refractivity contribution is 0.0154. The summed E-state index contributed by atoms with van der Waals surface area (Å²) in [7, 11) is 0. The first-order valence-electron chi connectivity index (χ1n) is 5.57. The van der Waals surface area contributed by atoms with Crippen LogP contribution >= 0.6 is 15.9 Å². The average molecular weight is 306 g/mol. The van der Waals surface area contributed by atoms with Crippen molar-refractivity contribution in [3.8, 4) is 0 Å². The van der Waals surface area contributed by atoms with Crippen LogP contribution in [0.2, 0.25) is 0 Å². The van der Waals surface area contributed by atoms with E-state index in [9.17, 15) is 13.9 Å². The zero-order valence-corrected chi connectivity index (χ0v) is 10.9. The third-order valence-electron chi connectivity index (χ3n) is 3.09. The maximum absolute atomic E-state index is 13.8. The van der Waals surface area contributed by atoms with Gasteiger partial charge < -0.3 is 10.4 Å². The Hall–Kier alpha value is -0.520. The van der Waals surface area contributed by atoms with Crippen LogP contribution in [-0.4, -0.2) is 23.8 Å². The fourth-order valence-electron chi connectivity index (χ4n) is 2.16. The zero-order valence-electron chi connectivity index (χ0n) is 9.27. The van der Waals surface area contributed by atoms with E-state index in [0.717, 1.165) is 13.0 Å². The van der Waals surface area contributed by atoms with Gasteiger partial charge in [-0.05, 0) is 47.4 Å². The van der Waals surface area contributed by atoms with Crippen LogP contribution in [0, 0.1) is 11.6 Å². The van der Waals surface area contributed by atoms with E-state index in [1.807, 2.05) is 0 Å². The van der Waals surface area contributed by atoms with E-state index in [0.29, 0.717) is 13.0 Å². The summed E-state index contributed by atoms with van der Waals surface area (Å²) in [6.07, 6.45) is 1.37. The van der Waals surface area contributed by atoms with Gasteiger partial charge in [-0.1, -0.05) is 0 Å². The van der Waals surface area contributed by atoms with Gasteiger partial charge >= 0.3 is 0 Å². The summed E-state index contributed by atoms with van der Waals surface area (Å²) in [5, 5.41) is 13.3. The highest BCUT2D eigenvalue weighted by Gasteiger charge is 2.31. The highest BCUT2D eigenvalue weighted by atomic mass is 79.9. The Kier molecular flexibility index (Phi) is 3.80. The maximum Gasteiger partial charge on any atom is 0.143 e. The second kappa shape index (κ2) is 5.00. The molecule has 1 aromatic rings. The van der Waals surface area contributed by atoms with Crippen molar-refractivity contribution >= 4 is 15.9 Å². The Bertz CT molecular complexity index is 419. The standard InChI is InChI=1S/C12H14BrF2NO/c13-9-2-3-10(14)8(11(9)15)6-12(17)4-1-5-16-7-12/h2-3,16-17H,1,4-7H2. The molecule has 1 fully saturated rings. The fraction of sp³-hybridized carbons (Fsp3) is 0.500. The van der Waals surface area contributed by atoms with Crippen LogP contribution in [0.25, 0.3) is 0 Å². The van der Waals surface area contributed by atoms with E-state index in [4.69, 9.17) is 0 Å². The highest BCUT2D eigenvalue weighted by molar-refractivity contribution is 9.10. The Morgan fingerprint density at radius 1 is 1.41 bits per heavy atom. The lowest BCUT2D eigenvalue weighted by Gasteiger charge is -2.33. The SMILES string of the molecule is OC1(Cc2c(F)ccc(Br)c2F)CCCNC1. The van der Waals surface area contributed by atoms with Crippen LogP contribution in [0.4, 0.5) is 8.78 Å². The molecule has 1 atom stereocenters. The first kappa shape index (κ1) is 12.9. The first-order chi connectivity index (χ1) is 8.02. The van der Waals surface area contributed by atoms with Crippen molar-refractivity contribution in [2.45, 2.75) is 24.9 Å². The summed E-state index contributed by atoms with van der Waals surface area (Å²) in [4.78, 5) is 0. The first-order valence-corrected chi connectivity index (χ1v) is 6.37. The molecule has 1 aliphatic rings. The molecule has 1 heterocycles. The van der Waals surface area contributed by atoms with Gasteiger partial charge in [0.05, 0.1) is 10.1 Å². The number of rotatable bonds is 2. The fourth-order valence-corrected chi connectivity index (χ4v) is 2.53. The summed E-state index contributed by atoms with van der Waals surface area (Å²) in [6.45, 7) is 1.21. The molecule has 0 aliphatic carbocycles. The number of aliphatic hydroxyl groups is 1. The monoisotopic (exact) mass is 305 g/mol. The Balaban J connectivity index is 2.26.